The van der Waals surface area contributed by atoms with Crippen molar-refractivity contribution in [1.29, 1.82) is 0 Å². The predicted octanol–water partition coefficient (Wildman–Crippen LogP) is 3.75. The van der Waals surface area contributed by atoms with E-state index in [4.69, 9.17) is 5.32 Å². The van der Waals surface area contributed by atoms with Crippen LogP contribution in [0.3, 0.4) is 0 Å². The van der Waals surface area contributed by atoms with E-state index in [2.05, 4.69) is 30.3 Å². The summed E-state index contributed by atoms with van der Waals surface area (Å²) in [5, 5.41) is 5.06. The molecule has 1 nitrogen and oxygen atoms in total. The number of nitrogens with zero attached hydrogens (tertiary/aromatic N) is 1. The summed E-state index contributed by atoms with van der Waals surface area (Å²) >= 11 is 0. The topological polar surface area (TPSA) is 14.1 Å². The fourth-order valence-corrected chi connectivity index (χ4v) is 4.79. The Bertz CT molecular complexity index is 369. The summed E-state index contributed by atoms with van der Waals surface area (Å²) in [6.45, 7) is 0. The molecular weight excluding hydrogens is 206 g/mol. The molecule has 0 aromatic heterocycles. The smallest absolute Gasteiger partial charge is 0.0577 e. The van der Waals surface area contributed by atoms with Gasteiger partial charge in [-0.15, -0.1) is 0 Å². The third-order valence-corrected chi connectivity index (χ3v) is 5.23. The third-order valence-electron chi connectivity index (χ3n) is 5.23. The van der Waals surface area contributed by atoms with Gasteiger partial charge in [0, 0.05) is 0 Å². The Labute approximate surface area is 104 Å². The van der Waals surface area contributed by atoms with Gasteiger partial charge in [0.25, 0.3) is 0 Å². The van der Waals surface area contributed by atoms with E-state index in [-0.39, 0.29) is 0 Å². The second-order valence-corrected chi connectivity index (χ2v) is 6.39. The van der Waals surface area contributed by atoms with Gasteiger partial charge in [0.2, 0.25) is 0 Å². The van der Waals surface area contributed by atoms with Crippen molar-refractivity contribution in [3.8, 4) is 0 Å². The highest BCUT2D eigenvalue weighted by Crippen LogP contribution is 2.54. The lowest BCUT2D eigenvalue weighted by molar-refractivity contribution is -0.00936. The van der Waals surface area contributed by atoms with Crippen LogP contribution in [0.25, 0.3) is 0 Å². The van der Waals surface area contributed by atoms with E-state index in [9.17, 15) is 0 Å². The summed E-state index contributed by atoms with van der Waals surface area (Å²) in [4.78, 5) is 0. The highest BCUT2D eigenvalue weighted by molar-refractivity contribution is 5.35. The van der Waals surface area contributed by atoms with Gasteiger partial charge in [0.15, 0.2) is 0 Å². The Morgan fingerprint density at radius 1 is 0.765 bits per heavy atom. The first-order valence-electron chi connectivity index (χ1n) is 7.14. The molecule has 17 heavy (non-hydrogen) atoms. The van der Waals surface area contributed by atoms with Crippen LogP contribution in [-0.4, -0.2) is 6.04 Å². The fraction of sp³-hybridized carbons (Fsp3) is 0.625. The van der Waals surface area contributed by atoms with E-state index in [0.29, 0.717) is 6.04 Å². The zero-order valence-electron chi connectivity index (χ0n) is 10.3. The van der Waals surface area contributed by atoms with E-state index < -0.39 is 0 Å². The van der Waals surface area contributed by atoms with Crippen molar-refractivity contribution in [3.63, 3.8) is 0 Å². The van der Waals surface area contributed by atoms with E-state index in [1.54, 1.807) is 0 Å². The molecule has 0 atom stereocenters. The molecule has 0 amide bonds. The zero-order valence-corrected chi connectivity index (χ0v) is 10.3. The minimum Gasteiger partial charge on any atom is -0.281 e. The van der Waals surface area contributed by atoms with Gasteiger partial charge in [0.05, 0.1) is 11.7 Å². The monoisotopic (exact) mass is 226 g/mol. The zero-order chi connectivity index (χ0) is 11.2. The van der Waals surface area contributed by atoms with Crippen LogP contribution in [0.4, 0.5) is 5.69 Å². The summed E-state index contributed by atoms with van der Waals surface area (Å²) in [6.07, 6.45) is 7.40. The third kappa shape index (κ3) is 1.67. The molecule has 1 heteroatoms. The van der Waals surface area contributed by atoms with Crippen molar-refractivity contribution in [2.45, 2.75) is 38.1 Å². The van der Waals surface area contributed by atoms with Crippen LogP contribution in [0.1, 0.15) is 32.1 Å². The first kappa shape index (κ1) is 9.99. The lowest BCUT2D eigenvalue weighted by Gasteiger charge is -2.53. The molecule has 0 unspecified atom stereocenters. The van der Waals surface area contributed by atoms with Crippen molar-refractivity contribution in [1.82, 2.24) is 5.32 Å². The maximum Gasteiger partial charge on any atom is 0.0577 e. The van der Waals surface area contributed by atoms with Crippen LogP contribution in [-0.2, 0) is 0 Å². The second-order valence-electron chi connectivity index (χ2n) is 6.39. The molecule has 0 heterocycles. The normalized spacial score (nSPS) is 42.7. The maximum atomic E-state index is 5.06. The lowest BCUT2D eigenvalue weighted by Crippen LogP contribution is -2.51. The predicted molar refractivity (Wildman–Crippen MR) is 69.1 cm³/mol. The van der Waals surface area contributed by atoms with Gasteiger partial charge >= 0.3 is 0 Å². The number of hydrogen-bond donors (Lipinski definition) is 0. The van der Waals surface area contributed by atoms with Gasteiger partial charge in [-0.1, -0.05) is 18.2 Å². The summed E-state index contributed by atoms with van der Waals surface area (Å²) in [7, 11) is 0. The molecular formula is C16H20N. The largest absolute Gasteiger partial charge is 0.281 e. The van der Waals surface area contributed by atoms with Crippen molar-refractivity contribution >= 4 is 5.69 Å². The minimum absolute atomic E-state index is 0.644. The maximum absolute atomic E-state index is 5.06. The molecule has 0 N–H and O–H groups in total. The van der Waals surface area contributed by atoms with Crippen molar-refractivity contribution in [2.75, 3.05) is 0 Å². The molecule has 4 bridgehead atoms. The van der Waals surface area contributed by atoms with Gasteiger partial charge in [-0.25, -0.2) is 0 Å². The average molecular weight is 226 g/mol. The van der Waals surface area contributed by atoms with E-state index in [0.717, 1.165) is 23.7 Å². The van der Waals surface area contributed by atoms with Gasteiger partial charge in [-0.3, -0.25) is 5.32 Å². The molecule has 89 valence electrons. The Morgan fingerprint density at radius 2 is 1.35 bits per heavy atom. The number of benzene rings is 1. The molecule has 1 radical (unpaired) electrons. The van der Waals surface area contributed by atoms with Gasteiger partial charge in [0.1, 0.15) is 0 Å². The molecule has 4 saturated carbocycles. The van der Waals surface area contributed by atoms with Gasteiger partial charge in [-0.2, -0.15) is 0 Å². The lowest BCUT2D eigenvalue weighted by atomic mass is 9.54. The summed E-state index contributed by atoms with van der Waals surface area (Å²) < 4.78 is 0. The van der Waals surface area contributed by atoms with Gasteiger partial charge < -0.3 is 0 Å². The Balaban J connectivity index is 1.55. The van der Waals surface area contributed by atoms with Gasteiger partial charge in [-0.05, 0) is 67.9 Å². The minimum atomic E-state index is 0.644. The number of hydrogen-bond acceptors (Lipinski definition) is 0. The van der Waals surface area contributed by atoms with E-state index >= 15 is 0 Å². The molecule has 0 aliphatic heterocycles. The summed E-state index contributed by atoms with van der Waals surface area (Å²) in [5.74, 6) is 3.93. The molecule has 4 fully saturated rings. The second kappa shape index (κ2) is 3.76. The quantitative estimate of drug-likeness (QED) is 0.729. The Hall–Kier alpha value is -0.980. The van der Waals surface area contributed by atoms with Crippen LogP contribution >= 0.6 is 0 Å². The molecule has 1 aromatic rings. The fourth-order valence-electron chi connectivity index (χ4n) is 4.79. The number of para-hydroxylation sites is 1. The van der Waals surface area contributed by atoms with Crippen LogP contribution in [0.5, 0.6) is 0 Å². The number of rotatable bonds is 2. The molecule has 4 aliphatic carbocycles. The van der Waals surface area contributed by atoms with E-state index in [1.165, 1.54) is 37.8 Å². The van der Waals surface area contributed by atoms with Crippen molar-refractivity contribution in [2.24, 2.45) is 23.7 Å². The van der Waals surface area contributed by atoms with Crippen LogP contribution < -0.4 is 5.32 Å². The Kier molecular flexibility index (Phi) is 2.21. The highest BCUT2D eigenvalue weighted by atomic mass is 14.9. The molecule has 0 saturated heterocycles. The first-order chi connectivity index (χ1) is 8.38. The van der Waals surface area contributed by atoms with Crippen LogP contribution in [0.2, 0.25) is 0 Å². The summed E-state index contributed by atoms with van der Waals surface area (Å²) in [6, 6.07) is 11.3. The van der Waals surface area contributed by atoms with E-state index in [1.807, 2.05) is 0 Å². The van der Waals surface area contributed by atoms with Crippen LogP contribution in [0.15, 0.2) is 30.3 Å². The average Bonchev–Trinajstić information content (AvgIpc) is 2.34. The highest BCUT2D eigenvalue weighted by Gasteiger charge is 2.48. The van der Waals surface area contributed by atoms with Crippen molar-refractivity contribution < 1.29 is 0 Å². The Morgan fingerprint density at radius 3 is 1.94 bits per heavy atom. The standard InChI is InChI=1S/C16H20N/c1-2-4-15(5-3-1)17-16-13-7-11-6-12(9-13)10-14(16)8-11/h1-5,11-14,16H,6-10H2. The van der Waals surface area contributed by atoms with Crippen LogP contribution in [0, 0.1) is 23.7 Å². The summed E-state index contributed by atoms with van der Waals surface area (Å²) in [5.41, 5.74) is 1.20. The first-order valence-corrected chi connectivity index (χ1v) is 7.14. The molecule has 1 aromatic carbocycles. The molecule has 5 rings (SSSR count). The van der Waals surface area contributed by atoms with Crippen molar-refractivity contribution in [3.05, 3.63) is 30.3 Å². The molecule has 4 aliphatic rings. The SMILES string of the molecule is c1ccc([N]C2C3CC4CC(C3)CC2C4)cc1. The molecule has 0 spiro atoms.